The monoisotopic (exact) mass is 288 g/mol. The van der Waals surface area contributed by atoms with Gasteiger partial charge in [-0.3, -0.25) is 4.90 Å². The van der Waals surface area contributed by atoms with Gasteiger partial charge in [-0.2, -0.15) is 13.2 Å². The molecule has 0 aromatic heterocycles. The second-order valence-electron chi connectivity index (χ2n) is 4.27. The molecule has 1 aromatic carbocycles. The van der Waals surface area contributed by atoms with Gasteiger partial charge in [-0.15, -0.1) is 0 Å². The molecule has 1 aromatic rings. The molecular formula is C12H11F3N2O3. The topological polar surface area (TPSA) is 69.6 Å². The third kappa shape index (κ3) is 2.68. The minimum absolute atomic E-state index is 0.174. The number of carboxylic acid groups (broad SMARTS) is 1. The number of hydrogen-bond donors (Lipinski definition) is 2. The maximum absolute atomic E-state index is 12.7. The number of carboxylic acids is 1. The summed E-state index contributed by atoms with van der Waals surface area (Å²) in [6, 6.07) is 1.64. The first-order chi connectivity index (χ1) is 9.30. The highest BCUT2D eigenvalue weighted by atomic mass is 19.4. The van der Waals surface area contributed by atoms with Gasteiger partial charge in [0.2, 0.25) is 0 Å². The predicted molar refractivity (Wildman–Crippen MR) is 63.8 cm³/mol. The Kier molecular flexibility index (Phi) is 3.56. The molecular weight excluding hydrogens is 277 g/mol. The van der Waals surface area contributed by atoms with Gasteiger partial charge in [-0.05, 0) is 24.6 Å². The molecule has 5 nitrogen and oxygen atoms in total. The van der Waals surface area contributed by atoms with Crippen LogP contribution in [0.1, 0.15) is 22.3 Å². The van der Waals surface area contributed by atoms with E-state index in [1.54, 1.807) is 0 Å². The lowest BCUT2D eigenvalue weighted by atomic mass is 10.1. The van der Waals surface area contributed by atoms with Crippen molar-refractivity contribution in [1.82, 2.24) is 5.32 Å². The van der Waals surface area contributed by atoms with Crippen LogP contribution in [-0.2, 0) is 6.18 Å². The highest BCUT2D eigenvalue weighted by molar-refractivity contribution is 6.01. The van der Waals surface area contributed by atoms with Crippen LogP contribution in [0.2, 0.25) is 0 Å². The molecule has 0 bridgehead atoms. The van der Waals surface area contributed by atoms with E-state index in [-0.39, 0.29) is 17.8 Å². The van der Waals surface area contributed by atoms with Crippen LogP contribution in [0.15, 0.2) is 18.2 Å². The Labute approximate surface area is 112 Å². The molecule has 8 heteroatoms. The Hall–Kier alpha value is -2.25. The van der Waals surface area contributed by atoms with Crippen LogP contribution in [0, 0.1) is 0 Å². The predicted octanol–water partition coefficient (Wildman–Crippen LogP) is 2.32. The van der Waals surface area contributed by atoms with Crippen molar-refractivity contribution in [3.8, 4) is 0 Å². The Balaban J connectivity index is 2.52. The van der Waals surface area contributed by atoms with Gasteiger partial charge in [-0.25, -0.2) is 9.59 Å². The summed E-state index contributed by atoms with van der Waals surface area (Å²) < 4.78 is 38.1. The number of benzene rings is 1. The molecule has 0 atom stereocenters. The molecule has 108 valence electrons. The average Bonchev–Trinajstić information content (AvgIpc) is 2.37. The lowest BCUT2D eigenvalue weighted by Crippen LogP contribution is -2.47. The van der Waals surface area contributed by atoms with Gasteiger partial charge < -0.3 is 10.4 Å². The fourth-order valence-corrected chi connectivity index (χ4v) is 1.97. The van der Waals surface area contributed by atoms with Crippen molar-refractivity contribution >= 4 is 17.7 Å². The molecule has 0 spiro atoms. The van der Waals surface area contributed by atoms with Crippen LogP contribution < -0.4 is 10.2 Å². The standard InChI is InChI=1S/C12H11F3N2O3/c13-12(14,15)7-2-3-8(10(18)19)9(6-7)17-5-1-4-16-11(17)20/h2-3,6H,1,4-5H2,(H,16,20)(H,18,19). The number of halogens is 3. The molecule has 0 aliphatic carbocycles. The molecule has 0 saturated carbocycles. The summed E-state index contributed by atoms with van der Waals surface area (Å²) in [4.78, 5) is 23.8. The van der Waals surface area contributed by atoms with Crippen LogP contribution in [0.4, 0.5) is 23.7 Å². The van der Waals surface area contributed by atoms with E-state index in [0.29, 0.717) is 25.1 Å². The summed E-state index contributed by atoms with van der Waals surface area (Å²) >= 11 is 0. The SMILES string of the molecule is O=C(O)c1ccc(C(F)(F)F)cc1N1CCCNC1=O. The van der Waals surface area contributed by atoms with Crippen LogP contribution >= 0.6 is 0 Å². The van der Waals surface area contributed by atoms with Gasteiger partial charge in [0.05, 0.1) is 16.8 Å². The van der Waals surface area contributed by atoms with Gasteiger partial charge in [0, 0.05) is 13.1 Å². The summed E-state index contributed by atoms with van der Waals surface area (Å²) in [6.45, 7) is 0.587. The van der Waals surface area contributed by atoms with E-state index in [2.05, 4.69) is 5.32 Å². The van der Waals surface area contributed by atoms with Gasteiger partial charge in [0.1, 0.15) is 0 Å². The van der Waals surface area contributed by atoms with E-state index >= 15 is 0 Å². The van der Waals surface area contributed by atoms with Gasteiger partial charge >= 0.3 is 18.2 Å². The Morgan fingerprint density at radius 2 is 2.05 bits per heavy atom. The first-order valence-corrected chi connectivity index (χ1v) is 5.80. The van der Waals surface area contributed by atoms with E-state index < -0.39 is 23.7 Å². The second kappa shape index (κ2) is 5.03. The number of nitrogens with one attached hydrogen (secondary N) is 1. The number of anilines is 1. The van der Waals surface area contributed by atoms with E-state index in [4.69, 9.17) is 5.11 Å². The zero-order valence-corrected chi connectivity index (χ0v) is 10.2. The normalized spacial score (nSPS) is 15.9. The van der Waals surface area contributed by atoms with Gasteiger partial charge in [0.15, 0.2) is 0 Å². The summed E-state index contributed by atoms with van der Waals surface area (Å²) in [5, 5.41) is 11.5. The third-order valence-corrected chi connectivity index (χ3v) is 2.93. The van der Waals surface area contributed by atoms with Crippen molar-refractivity contribution in [1.29, 1.82) is 0 Å². The third-order valence-electron chi connectivity index (χ3n) is 2.93. The smallest absolute Gasteiger partial charge is 0.416 e. The summed E-state index contributed by atoms with van der Waals surface area (Å²) in [7, 11) is 0. The zero-order valence-electron chi connectivity index (χ0n) is 10.2. The van der Waals surface area contributed by atoms with E-state index in [1.165, 1.54) is 0 Å². The average molecular weight is 288 g/mol. The molecule has 0 radical (unpaired) electrons. The van der Waals surface area contributed by atoms with Crippen molar-refractivity contribution in [2.24, 2.45) is 0 Å². The maximum Gasteiger partial charge on any atom is 0.416 e. The van der Waals surface area contributed by atoms with Crippen LogP contribution in [0.25, 0.3) is 0 Å². The Bertz CT molecular complexity index is 557. The van der Waals surface area contributed by atoms with Crippen molar-refractivity contribution in [3.63, 3.8) is 0 Å². The number of nitrogens with zero attached hydrogens (tertiary/aromatic N) is 1. The summed E-state index contributed by atoms with van der Waals surface area (Å²) in [5.41, 5.74) is -1.57. The number of amides is 2. The number of alkyl halides is 3. The highest BCUT2D eigenvalue weighted by Gasteiger charge is 2.33. The lowest BCUT2D eigenvalue weighted by molar-refractivity contribution is -0.137. The molecule has 0 unspecified atom stereocenters. The van der Waals surface area contributed by atoms with Crippen LogP contribution in [-0.4, -0.2) is 30.2 Å². The number of hydrogen-bond acceptors (Lipinski definition) is 2. The number of rotatable bonds is 2. The van der Waals surface area contributed by atoms with E-state index in [1.807, 2.05) is 0 Å². The molecule has 1 aliphatic heterocycles. The molecule has 1 saturated heterocycles. The number of carbonyl (C=O) groups excluding carboxylic acids is 1. The molecule has 1 aliphatic rings. The molecule has 2 amide bonds. The van der Waals surface area contributed by atoms with Crippen molar-refractivity contribution in [2.45, 2.75) is 12.6 Å². The fourth-order valence-electron chi connectivity index (χ4n) is 1.97. The first-order valence-electron chi connectivity index (χ1n) is 5.80. The fraction of sp³-hybridized carbons (Fsp3) is 0.333. The van der Waals surface area contributed by atoms with Crippen molar-refractivity contribution < 1.29 is 27.9 Å². The molecule has 1 heterocycles. The molecule has 2 rings (SSSR count). The van der Waals surface area contributed by atoms with E-state index in [9.17, 15) is 22.8 Å². The van der Waals surface area contributed by atoms with Crippen molar-refractivity contribution in [2.75, 3.05) is 18.0 Å². The summed E-state index contributed by atoms with van der Waals surface area (Å²) in [6.07, 6.45) is -4.07. The first kappa shape index (κ1) is 14.2. The van der Waals surface area contributed by atoms with Gasteiger partial charge in [-0.1, -0.05) is 0 Å². The highest BCUT2D eigenvalue weighted by Crippen LogP contribution is 2.34. The number of urea groups is 1. The Morgan fingerprint density at radius 3 is 2.60 bits per heavy atom. The van der Waals surface area contributed by atoms with E-state index in [0.717, 1.165) is 11.0 Å². The maximum atomic E-state index is 12.7. The minimum atomic E-state index is -4.60. The quantitative estimate of drug-likeness (QED) is 0.877. The Morgan fingerprint density at radius 1 is 1.35 bits per heavy atom. The molecule has 1 fully saturated rings. The number of aromatic carboxylic acids is 1. The largest absolute Gasteiger partial charge is 0.478 e. The second-order valence-corrected chi connectivity index (χ2v) is 4.27. The van der Waals surface area contributed by atoms with Crippen molar-refractivity contribution in [3.05, 3.63) is 29.3 Å². The summed E-state index contributed by atoms with van der Waals surface area (Å²) in [5.74, 6) is -1.38. The van der Waals surface area contributed by atoms with Crippen LogP contribution in [0.5, 0.6) is 0 Å². The number of carbonyl (C=O) groups is 2. The zero-order chi connectivity index (χ0) is 14.9. The van der Waals surface area contributed by atoms with Crippen LogP contribution in [0.3, 0.4) is 0 Å². The minimum Gasteiger partial charge on any atom is -0.478 e. The molecule has 2 N–H and O–H groups in total. The lowest BCUT2D eigenvalue weighted by Gasteiger charge is -2.29. The van der Waals surface area contributed by atoms with Gasteiger partial charge in [0.25, 0.3) is 0 Å². The molecule has 20 heavy (non-hydrogen) atoms.